The molecule has 68 valence electrons. The van der Waals surface area contributed by atoms with Crippen molar-refractivity contribution in [1.82, 2.24) is 4.72 Å². The Bertz CT molecular complexity index is 201. The zero-order valence-electron chi connectivity index (χ0n) is 6.96. The molecular formula is C6H14BrNO2S. The van der Waals surface area contributed by atoms with Crippen molar-refractivity contribution >= 4 is 26.0 Å². The molecule has 1 N–H and O–H groups in total. The first-order chi connectivity index (χ1) is 4.89. The van der Waals surface area contributed by atoms with Crippen molar-refractivity contribution in [3.63, 3.8) is 0 Å². The van der Waals surface area contributed by atoms with E-state index in [2.05, 4.69) is 20.7 Å². The second-order valence-corrected chi connectivity index (χ2v) is 5.93. The first-order valence-corrected chi connectivity index (χ1v) is 6.22. The number of rotatable bonds is 4. The van der Waals surface area contributed by atoms with Gasteiger partial charge in [-0.05, 0) is 12.8 Å². The number of nitrogens with one attached hydrogen (secondary N) is 1. The summed E-state index contributed by atoms with van der Waals surface area (Å²) in [7, 11) is -3.10. The van der Waals surface area contributed by atoms with Crippen LogP contribution in [0.2, 0.25) is 0 Å². The van der Waals surface area contributed by atoms with Gasteiger partial charge in [0.2, 0.25) is 10.0 Å². The first-order valence-electron chi connectivity index (χ1n) is 3.45. The van der Waals surface area contributed by atoms with Gasteiger partial charge in [-0.2, -0.15) is 0 Å². The van der Waals surface area contributed by atoms with E-state index in [0.717, 1.165) is 0 Å². The van der Waals surface area contributed by atoms with Crippen LogP contribution >= 0.6 is 15.9 Å². The van der Waals surface area contributed by atoms with Gasteiger partial charge in [0.1, 0.15) is 4.66 Å². The summed E-state index contributed by atoms with van der Waals surface area (Å²) in [6, 6.07) is -0.00227. The van der Waals surface area contributed by atoms with E-state index in [1.54, 1.807) is 0 Å². The minimum absolute atomic E-state index is 0.00227. The van der Waals surface area contributed by atoms with Crippen molar-refractivity contribution in [1.29, 1.82) is 0 Å². The molecule has 0 aliphatic heterocycles. The molecule has 3 nitrogen and oxygen atoms in total. The topological polar surface area (TPSA) is 46.2 Å². The standard InChI is InChI=1S/C6H14BrNO2S/c1-5(2)6(3)8-11(9,10)4-7/h5-6,8H,4H2,1-3H3. The molecule has 0 aromatic rings. The molecule has 0 radical (unpaired) electrons. The van der Waals surface area contributed by atoms with Gasteiger partial charge in [-0.1, -0.05) is 29.8 Å². The number of hydrogen-bond donors (Lipinski definition) is 1. The molecule has 1 atom stereocenters. The van der Waals surface area contributed by atoms with Crippen LogP contribution in [0.1, 0.15) is 20.8 Å². The summed E-state index contributed by atoms with van der Waals surface area (Å²) < 4.78 is 24.4. The zero-order chi connectivity index (χ0) is 9.07. The van der Waals surface area contributed by atoms with Crippen LogP contribution in [-0.4, -0.2) is 19.1 Å². The summed E-state index contributed by atoms with van der Waals surface area (Å²) in [6.45, 7) is 5.80. The smallest absolute Gasteiger partial charge is 0.212 e. The third kappa shape index (κ3) is 4.76. The Morgan fingerprint density at radius 3 is 2.09 bits per heavy atom. The fourth-order valence-corrected chi connectivity index (χ4v) is 1.75. The fraction of sp³-hybridized carbons (Fsp3) is 1.00. The van der Waals surface area contributed by atoms with E-state index < -0.39 is 10.0 Å². The molecule has 1 unspecified atom stereocenters. The van der Waals surface area contributed by atoms with E-state index in [-0.39, 0.29) is 10.7 Å². The predicted molar refractivity (Wildman–Crippen MR) is 50.1 cm³/mol. The summed E-state index contributed by atoms with van der Waals surface area (Å²) in [4.78, 5) is 0. The van der Waals surface area contributed by atoms with E-state index in [9.17, 15) is 8.42 Å². The summed E-state index contributed by atoms with van der Waals surface area (Å²) in [5.41, 5.74) is 0. The van der Waals surface area contributed by atoms with Gasteiger partial charge >= 0.3 is 0 Å². The maximum atomic E-state index is 11.0. The average molecular weight is 244 g/mol. The summed E-state index contributed by atoms with van der Waals surface area (Å²) in [6.07, 6.45) is 0. The van der Waals surface area contributed by atoms with Crippen molar-refractivity contribution in [2.24, 2.45) is 5.92 Å². The van der Waals surface area contributed by atoms with Gasteiger partial charge in [0.05, 0.1) is 0 Å². The Morgan fingerprint density at radius 2 is 1.82 bits per heavy atom. The highest BCUT2D eigenvalue weighted by Gasteiger charge is 2.14. The summed E-state index contributed by atoms with van der Waals surface area (Å²) >= 11 is 2.90. The Hall–Kier alpha value is 0.390. The van der Waals surface area contributed by atoms with E-state index in [1.165, 1.54) is 0 Å². The van der Waals surface area contributed by atoms with Crippen molar-refractivity contribution in [2.45, 2.75) is 26.8 Å². The normalized spacial score (nSPS) is 15.4. The highest BCUT2D eigenvalue weighted by molar-refractivity contribution is 9.10. The molecule has 0 rings (SSSR count). The van der Waals surface area contributed by atoms with Gasteiger partial charge in [-0.3, -0.25) is 0 Å². The van der Waals surface area contributed by atoms with Crippen LogP contribution in [0.25, 0.3) is 0 Å². The monoisotopic (exact) mass is 243 g/mol. The average Bonchev–Trinajstić information content (AvgIpc) is 1.87. The van der Waals surface area contributed by atoms with Crippen LogP contribution in [0.5, 0.6) is 0 Å². The number of hydrogen-bond acceptors (Lipinski definition) is 2. The summed E-state index contributed by atoms with van der Waals surface area (Å²) in [5.74, 6) is 0.323. The van der Waals surface area contributed by atoms with Crippen molar-refractivity contribution < 1.29 is 8.42 Å². The summed E-state index contributed by atoms with van der Waals surface area (Å²) in [5, 5.41) is 0. The predicted octanol–water partition coefficient (Wildman–Crippen LogP) is 1.30. The van der Waals surface area contributed by atoms with E-state index in [4.69, 9.17) is 0 Å². The molecule has 0 saturated heterocycles. The Labute approximate surface area is 76.7 Å². The van der Waals surface area contributed by atoms with Crippen LogP contribution in [0.15, 0.2) is 0 Å². The Kier molecular flexibility index (Phi) is 4.58. The molecule has 0 spiro atoms. The van der Waals surface area contributed by atoms with Crippen molar-refractivity contribution in [2.75, 3.05) is 4.66 Å². The van der Waals surface area contributed by atoms with Gasteiger partial charge in [0.25, 0.3) is 0 Å². The molecule has 0 saturated carbocycles. The molecule has 0 aromatic heterocycles. The number of halogens is 1. The van der Waals surface area contributed by atoms with E-state index in [0.29, 0.717) is 5.92 Å². The van der Waals surface area contributed by atoms with Crippen molar-refractivity contribution in [3.05, 3.63) is 0 Å². The van der Waals surface area contributed by atoms with Gasteiger partial charge in [0.15, 0.2) is 0 Å². The lowest BCUT2D eigenvalue weighted by atomic mass is 10.1. The molecular weight excluding hydrogens is 230 g/mol. The molecule has 0 fully saturated rings. The van der Waals surface area contributed by atoms with Crippen LogP contribution in [0.3, 0.4) is 0 Å². The Balaban J connectivity index is 4.05. The van der Waals surface area contributed by atoms with Crippen LogP contribution < -0.4 is 4.72 Å². The highest BCUT2D eigenvalue weighted by atomic mass is 79.9. The van der Waals surface area contributed by atoms with Crippen molar-refractivity contribution in [3.8, 4) is 0 Å². The fourth-order valence-electron chi connectivity index (χ4n) is 0.451. The second-order valence-electron chi connectivity index (χ2n) is 2.87. The maximum absolute atomic E-state index is 11.0. The molecule has 5 heteroatoms. The molecule has 0 aliphatic carbocycles. The molecule has 0 amide bonds. The lowest BCUT2D eigenvalue weighted by Crippen LogP contribution is -2.36. The first kappa shape index (κ1) is 11.4. The lowest BCUT2D eigenvalue weighted by Gasteiger charge is -2.15. The number of sulfonamides is 1. The third-order valence-corrected chi connectivity index (χ3v) is 4.34. The molecule has 11 heavy (non-hydrogen) atoms. The van der Waals surface area contributed by atoms with E-state index >= 15 is 0 Å². The Morgan fingerprint density at radius 1 is 1.36 bits per heavy atom. The zero-order valence-corrected chi connectivity index (χ0v) is 9.37. The van der Waals surface area contributed by atoms with Crippen LogP contribution in [-0.2, 0) is 10.0 Å². The third-order valence-electron chi connectivity index (χ3n) is 1.51. The highest BCUT2D eigenvalue weighted by Crippen LogP contribution is 2.02. The van der Waals surface area contributed by atoms with Gasteiger partial charge < -0.3 is 0 Å². The minimum Gasteiger partial charge on any atom is -0.212 e. The largest absolute Gasteiger partial charge is 0.221 e. The number of alkyl halides is 1. The second kappa shape index (κ2) is 4.42. The van der Waals surface area contributed by atoms with E-state index in [1.807, 2.05) is 20.8 Å². The minimum atomic E-state index is -3.10. The van der Waals surface area contributed by atoms with Crippen LogP contribution in [0.4, 0.5) is 0 Å². The molecule has 0 aromatic carbocycles. The maximum Gasteiger partial charge on any atom is 0.221 e. The quantitative estimate of drug-likeness (QED) is 0.758. The lowest BCUT2D eigenvalue weighted by molar-refractivity contribution is 0.478. The molecule has 0 heterocycles. The van der Waals surface area contributed by atoms with Gasteiger partial charge in [-0.15, -0.1) is 0 Å². The SMILES string of the molecule is CC(C)C(C)NS(=O)(=O)CBr. The molecule has 0 bridgehead atoms. The molecule has 0 aliphatic rings. The van der Waals surface area contributed by atoms with Crippen LogP contribution in [0, 0.1) is 5.92 Å². The van der Waals surface area contributed by atoms with Gasteiger partial charge in [-0.25, -0.2) is 13.1 Å². The van der Waals surface area contributed by atoms with Gasteiger partial charge in [0, 0.05) is 6.04 Å².